The van der Waals surface area contributed by atoms with E-state index in [0.717, 1.165) is 24.2 Å². The summed E-state index contributed by atoms with van der Waals surface area (Å²) in [7, 11) is 1.65. The molecule has 0 aliphatic carbocycles. The third-order valence-corrected chi connectivity index (χ3v) is 4.28. The number of hydrogen-bond acceptors (Lipinski definition) is 6. The van der Waals surface area contributed by atoms with Crippen LogP contribution in [-0.2, 0) is 24.8 Å². The van der Waals surface area contributed by atoms with Gasteiger partial charge >= 0.3 is 0 Å². The third kappa shape index (κ3) is 3.23. The van der Waals surface area contributed by atoms with Crippen molar-refractivity contribution in [2.75, 3.05) is 11.9 Å². The lowest BCUT2D eigenvalue weighted by molar-refractivity contribution is -0.121. The molecule has 128 valence electrons. The molecular formula is C16H21N5O3. The Balaban J connectivity index is 1.75. The fourth-order valence-electron chi connectivity index (χ4n) is 3.03. The van der Waals surface area contributed by atoms with Crippen LogP contribution in [0.2, 0.25) is 0 Å². The number of nitrogens with zero attached hydrogens (tertiary/aromatic N) is 4. The molecule has 3 rings (SSSR count). The molecule has 0 bridgehead atoms. The van der Waals surface area contributed by atoms with Crippen LogP contribution < -0.4 is 10.9 Å². The van der Waals surface area contributed by atoms with Gasteiger partial charge in [-0.1, -0.05) is 12.1 Å². The van der Waals surface area contributed by atoms with Gasteiger partial charge in [-0.15, -0.1) is 0 Å². The summed E-state index contributed by atoms with van der Waals surface area (Å²) in [4.78, 5) is 26.4. The molecule has 0 unspecified atom stereocenters. The van der Waals surface area contributed by atoms with Crippen LogP contribution in [0.1, 0.15) is 30.4 Å². The van der Waals surface area contributed by atoms with Crippen molar-refractivity contribution >= 4 is 11.7 Å². The van der Waals surface area contributed by atoms with E-state index in [-0.39, 0.29) is 17.5 Å². The van der Waals surface area contributed by atoms with Crippen LogP contribution in [0.3, 0.4) is 0 Å². The lowest BCUT2D eigenvalue weighted by Crippen LogP contribution is -2.46. The third-order valence-electron chi connectivity index (χ3n) is 4.28. The number of carbonyl (C=O) groups is 1. The second-order valence-corrected chi connectivity index (χ2v) is 6.03. The van der Waals surface area contributed by atoms with Crippen LogP contribution in [0, 0.1) is 6.92 Å². The van der Waals surface area contributed by atoms with Crippen molar-refractivity contribution in [2.45, 2.75) is 39.3 Å². The zero-order chi connectivity index (χ0) is 17.3. The molecule has 8 heteroatoms. The second kappa shape index (κ2) is 6.56. The van der Waals surface area contributed by atoms with Crippen LogP contribution in [0.15, 0.2) is 21.5 Å². The molecule has 0 radical (unpaired) electrons. The minimum absolute atomic E-state index is 0.119. The first-order valence-corrected chi connectivity index (χ1v) is 8.02. The van der Waals surface area contributed by atoms with Crippen LogP contribution >= 0.6 is 0 Å². The average molecular weight is 331 g/mol. The van der Waals surface area contributed by atoms with Crippen molar-refractivity contribution in [3.8, 4) is 0 Å². The van der Waals surface area contributed by atoms with Gasteiger partial charge in [0.05, 0.1) is 11.7 Å². The number of amides is 1. The van der Waals surface area contributed by atoms with E-state index in [1.165, 1.54) is 4.68 Å². The molecule has 1 aliphatic rings. The van der Waals surface area contributed by atoms with E-state index in [2.05, 4.69) is 20.5 Å². The fourth-order valence-corrected chi connectivity index (χ4v) is 3.03. The molecule has 1 atom stereocenters. The topological polar surface area (TPSA) is 93.3 Å². The summed E-state index contributed by atoms with van der Waals surface area (Å²) in [6.45, 7) is 5.01. The molecule has 1 aliphatic heterocycles. The van der Waals surface area contributed by atoms with E-state index in [1.54, 1.807) is 26.1 Å². The second-order valence-electron chi connectivity index (χ2n) is 6.03. The first-order chi connectivity index (χ1) is 11.5. The maximum atomic E-state index is 12.6. The van der Waals surface area contributed by atoms with Gasteiger partial charge in [-0.2, -0.15) is 5.10 Å². The SMILES string of the molecule is CC[C@H](C(=O)Nc1cc(C)on1)N1CCc2nn(C)c(=O)cc2C1. The predicted molar refractivity (Wildman–Crippen MR) is 87.5 cm³/mol. The Labute approximate surface area is 139 Å². The molecule has 2 aromatic heterocycles. The molecule has 0 saturated heterocycles. The summed E-state index contributed by atoms with van der Waals surface area (Å²) < 4.78 is 6.32. The summed E-state index contributed by atoms with van der Waals surface area (Å²) in [6.07, 6.45) is 1.38. The Hall–Kier alpha value is -2.48. The molecule has 1 amide bonds. The molecular weight excluding hydrogens is 310 g/mol. The number of anilines is 1. The maximum Gasteiger partial charge on any atom is 0.266 e. The monoisotopic (exact) mass is 331 g/mol. The summed E-state index contributed by atoms with van der Waals surface area (Å²) in [6, 6.07) is 3.00. The van der Waals surface area contributed by atoms with Crippen LogP contribution in [0.5, 0.6) is 0 Å². The Kier molecular flexibility index (Phi) is 4.48. The number of nitrogens with one attached hydrogen (secondary N) is 1. The molecule has 3 heterocycles. The molecule has 0 aromatic carbocycles. The van der Waals surface area contributed by atoms with Crippen molar-refractivity contribution in [2.24, 2.45) is 7.05 Å². The molecule has 8 nitrogen and oxygen atoms in total. The van der Waals surface area contributed by atoms with Crippen molar-refractivity contribution in [1.82, 2.24) is 19.8 Å². The number of fused-ring (bicyclic) bond motifs is 1. The standard InChI is InChI=1S/C16H21N5O3/c1-4-13(16(23)17-14-7-10(2)24-19-14)21-6-5-12-11(9-21)8-15(22)20(3)18-12/h7-8,13H,4-6,9H2,1-3H3,(H,17,19,23)/t13-/m1/s1. The number of hydrogen-bond donors (Lipinski definition) is 1. The first-order valence-electron chi connectivity index (χ1n) is 8.02. The Bertz CT molecular complexity index is 810. The Morgan fingerprint density at radius 3 is 2.92 bits per heavy atom. The number of aromatic nitrogens is 3. The van der Waals surface area contributed by atoms with Gasteiger partial charge in [-0.05, 0) is 18.9 Å². The highest BCUT2D eigenvalue weighted by Gasteiger charge is 2.29. The summed E-state index contributed by atoms with van der Waals surface area (Å²) in [5, 5.41) is 10.9. The van der Waals surface area contributed by atoms with Gasteiger partial charge in [0.1, 0.15) is 5.76 Å². The molecule has 1 N–H and O–H groups in total. The van der Waals surface area contributed by atoms with Gasteiger partial charge in [-0.25, -0.2) is 4.68 Å². The molecule has 2 aromatic rings. The number of carbonyl (C=O) groups excluding carboxylic acids is 1. The Morgan fingerprint density at radius 1 is 1.46 bits per heavy atom. The minimum Gasteiger partial charge on any atom is -0.360 e. The van der Waals surface area contributed by atoms with Crippen molar-refractivity contribution in [1.29, 1.82) is 0 Å². The van der Waals surface area contributed by atoms with Crippen molar-refractivity contribution in [3.63, 3.8) is 0 Å². The van der Waals surface area contributed by atoms with Crippen molar-refractivity contribution in [3.05, 3.63) is 39.5 Å². The van der Waals surface area contributed by atoms with Crippen LogP contribution in [0.4, 0.5) is 5.82 Å². The highest BCUT2D eigenvalue weighted by Crippen LogP contribution is 2.20. The molecule has 0 saturated carbocycles. The van der Waals surface area contributed by atoms with E-state index in [9.17, 15) is 9.59 Å². The zero-order valence-electron chi connectivity index (χ0n) is 14.1. The highest BCUT2D eigenvalue weighted by molar-refractivity contribution is 5.94. The smallest absolute Gasteiger partial charge is 0.266 e. The first kappa shape index (κ1) is 16.4. The Morgan fingerprint density at radius 2 is 2.25 bits per heavy atom. The van der Waals surface area contributed by atoms with E-state index < -0.39 is 0 Å². The number of aryl methyl sites for hydroxylation is 2. The van der Waals surface area contributed by atoms with Gasteiger partial charge < -0.3 is 9.84 Å². The lowest BCUT2D eigenvalue weighted by Gasteiger charge is -2.33. The van der Waals surface area contributed by atoms with Gasteiger partial charge in [0.15, 0.2) is 5.82 Å². The fraction of sp³-hybridized carbons (Fsp3) is 0.500. The predicted octanol–water partition coefficient (Wildman–Crippen LogP) is 0.852. The molecule has 0 fully saturated rings. The highest BCUT2D eigenvalue weighted by atomic mass is 16.5. The lowest BCUT2D eigenvalue weighted by atomic mass is 10.0. The minimum atomic E-state index is -0.292. The van der Waals surface area contributed by atoms with Crippen molar-refractivity contribution < 1.29 is 9.32 Å². The maximum absolute atomic E-state index is 12.6. The average Bonchev–Trinajstić information content (AvgIpc) is 2.94. The quantitative estimate of drug-likeness (QED) is 0.893. The van der Waals surface area contributed by atoms with Gasteiger partial charge in [0, 0.05) is 38.7 Å². The van der Waals surface area contributed by atoms with E-state index in [0.29, 0.717) is 24.5 Å². The van der Waals surface area contributed by atoms with Crippen LogP contribution in [0.25, 0.3) is 0 Å². The summed E-state index contributed by atoms with van der Waals surface area (Å²) in [5.74, 6) is 0.946. The summed E-state index contributed by atoms with van der Waals surface area (Å²) in [5.41, 5.74) is 1.69. The van der Waals surface area contributed by atoms with Crippen LogP contribution in [-0.4, -0.2) is 38.3 Å². The zero-order valence-corrected chi connectivity index (χ0v) is 14.1. The molecule has 0 spiro atoms. The van der Waals surface area contributed by atoms with Gasteiger partial charge in [0.2, 0.25) is 5.91 Å². The summed E-state index contributed by atoms with van der Waals surface area (Å²) >= 11 is 0. The normalized spacial score (nSPS) is 15.8. The molecule has 24 heavy (non-hydrogen) atoms. The van der Waals surface area contributed by atoms with E-state index >= 15 is 0 Å². The largest absolute Gasteiger partial charge is 0.360 e. The van der Waals surface area contributed by atoms with Gasteiger partial charge in [0.25, 0.3) is 5.56 Å². The van der Waals surface area contributed by atoms with E-state index in [1.807, 2.05) is 6.92 Å². The van der Waals surface area contributed by atoms with E-state index in [4.69, 9.17) is 4.52 Å². The van der Waals surface area contributed by atoms with Gasteiger partial charge in [-0.3, -0.25) is 14.5 Å². The number of rotatable bonds is 4.